The largest absolute Gasteiger partial charge is 0.464 e. The lowest BCUT2D eigenvalue weighted by Crippen LogP contribution is -2.26. The first kappa shape index (κ1) is 10.2. The van der Waals surface area contributed by atoms with Crippen molar-refractivity contribution in [3.63, 3.8) is 0 Å². The van der Waals surface area contributed by atoms with Crippen LogP contribution in [0.15, 0.2) is 34.9 Å². The Hall–Kier alpha value is -1.28. The first-order valence-corrected chi connectivity index (χ1v) is 5.47. The van der Waals surface area contributed by atoms with Crippen LogP contribution in [0.1, 0.15) is 18.9 Å². The number of hydrogen-bond donors (Lipinski definition) is 1. The molecule has 0 aliphatic heterocycles. The third-order valence-electron chi connectivity index (χ3n) is 2.90. The topological polar surface area (TPSA) is 25.2 Å². The minimum atomic E-state index is 0.553. The van der Waals surface area contributed by atoms with E-state index in [0.29, 0.717) is 6.04 Å². The maximum Gasteiger partial charge on any atom is 0.134 e. The van der Waals surface area contributed by atoms with Crippen molar-refractivity contribution in [3.05, 3.63) is 36.1 Å². The number of likely N-dealkylation sites (N-methyl/N-ethyl adjacent to an activating group) is 1. The Morgan fingerprint density at radius 2 is 2.20 bits per heavy atom. The minimum Gasteiger partial charge on any atom is -0.464 e. The van der Waals surface area contributed by atoms with Gasteiger partial charge in [0.25, 0.3) is 0 Å². The van der Waals surface area contributed by atoms with Gasteiger partial charge in [-0.1, -0.05) is 19.1 Å². The van der Waals surface area contributed by atoms with Crippen molar-refractivity contribution in [2.75, 3.05) is 7.05 Å². The van der Waals surface area contributed by atoms with Gasteiger partial charge in [0.1, 0.15) is 5.58 Å². The average molecular weight is 203 g/mol. The highest BCUT2D eigenvalue weighted by Gasteiger charge is 2.05. The van der Waals surface area contributed by atoms with Gasteiger partial charge in [-0.2, -0.15) is 0 Å². The second kappa shape index (κ2) is 4.49. The van der Waals surface area contributed by atoms with Crippen molar-refractivity contribution < 1.29 is 4.42 Å². The minimum absolute atomic E-state index is 0.553. The molecule has 0 fully saturated rings. The van der Waals surface area contributed by atoms with E-state index >= 15 is 0 Å². The molecule has 2 aromatic rings. The van der Waals surface area contributed by atoms with Crippen molar-refractivity contribution in [1.29, 1.82) is 0 Å². The van der Waals surface area contributed by atoms with Gasteiger partial charge in [-0.25, -0.2) is 0 Å². The summed E-state index contributed by atoms with van der Waals surface area (Å²) in [4.78, 5) is 0. The SMILES string of the molecule is CC[C@H](Cc1ccc2ccoc2c1)NC. The predicted molar refractivity (Wildman–Crippen MR) is 63.1 cm³/mol. The quantitative estimate of drug-likeness (QED) is 0.826. The van der Waals surface area contributed by atoms with Crippen molar-refractivity contribution in [2.45, 2.75) is 25.8 Å². The molecule has 2 nitrogen and oxygen atoms in total. The summed E-state index contributed by atoms with van der Waals surface area (Å²) in [6, 6.07) is 8.98. The maximum atomic E-state index is 5.39. The van der Waals surface area contributed by atoms with Crippen molar-refractivity contribution in [3.8, 4) is 0 Å². The monoisotopic (exact) mass is 203 g/mol. The number of fused-ring (bicyclic) bond motifs is 1. The average Bonchev–Trinajstić information content (AvgIpc) is 2.73. The molecule has 0 aliphatic rings. The van der Waals surface area contributed by atoms with Gasteiger partial charge in [0.05, 0.1) is 6.26 Å². The molecule has 2 heteroatoms. The smallest absolute Gasteiger partial charge is 0.134 e. The number of rotatable bonds is 4. The first-order valence-electron chi connectivity index (χ1n) is 5.47. The van der Waals surface area contributed by atoms with Crippen LogP contribution < -0.4 is 5.32 Å². The maximum absolute atomic E-state index is 5.39. The summed E-state index contributed by atoms with van der Waals surface area (Å²) in [6.45, 7) is 2.20. The Bertz CT molecular complexity index is 429. The summed E-state index contributed by atoms with van der Waals surface area (Å²) < 4.78 is 5.39. The molecule has 0 saturated carbocycles. The van der Waals surface area contributed by atoms with Crippen molar-refractivity contribution >= 4 is 11.0 Å². The van der Waals surface area contributed by atoms with E-state index < -0.39 is 0 Å². The highest BCUT2D eigenvalue weighted by Crippen LogP contribution is 2.18. The molecule has 0 saturated heterocycles. The zero-order chi connectivity index (χ0) is 10.7. The lowest BCUT2D eigenvalue weighted by Gasteiger charge is -2.13. The molecule has 1 heterocycles. The van der Waals surface area contributed by atoms with Gasteiger partial charge in [0.15, 0.2) is 0 Å². The van der Waals surface area contributed by atoms with E-state index in [1.165, 1.54) is 10.9 Å². The van der Waals surface area contributed by atoms with Crippen molar-refractivity contribution in [2.24, 2.45) is 0 Å². The van der Waals surface area contributed by atoms with Crippen LogP contribution in [0.25, 0.3) is 11.0 Å². The molecule has 1 aromatic carbocycles. The van der Waals surface area contributed by atoms with Crippen LogP contribution in [0, 0.1) is 0 Å². The summed E-state index contributed by atoms with van der Waals surface area (Å²) in [7, 11) is 2.01. The second-order valence-corrected chi connectivity index (χ2v) is 3.89. The molecule has 2 rings (SSSR count). The zero-order valence-corrected chi connectivity index (χ0v) is 9.29. The van der Waals surface area contributed by atoms with Crippen LogP contribution in [-0.2, 0) is 6.42 Å². The lowest BCUT2D eigenvalue weighted by atomic mass is 10.0. The van der Waals surface area contributed by atoms with Crippen LogP contribution in [0.4, 0.5) is 0 Å². The molecular weight excluding hydrogens is 186 g/mol. The number of benzene rings is 1. The number of nitrogens with one attached hydrogen (secondary N) is 1. The van der Waals surface area contributed by atoms with Gasteiger partial charge in [0, 0.05) is 11.4 Å². The molecule has 1 aromatic heterocycles. The normalized spacial score (nSPS) is 13.2. The molecule has 1 atom stereocenters. The van der Waals surface area contributed by atoms with E-state index in [4.69, 9.17) is 4.42 Å². The van der Waals surface area contributed by atoms with Gasteiger partial charge < -0.3 is 9.73 Å². The molecule has 0 radical (unpaired) electrons. The van der Waals surface area contributed by atoms with E-state index in [1.54, 1.807) is 6.26 Å². The molecular formula is C13H17NO. The van der Waals surface area contributed by atoms with E-state index in [1.807, 2.05) is 13.1 Å². The van der Waals surface area contributed by atoms with Gasteiger partial charge in [0.2, 0.25) is 0 Å². The standard InChI is InChI=1S/C13H17NO/c1-3-12(14-2)8-10-4-5-11-6-7-15-13(11)9-10/h4-7,9,12,14H,3,8H2,1-2H3/t12-/m1/s1. The van der Waals surface area contributed by atoms with E-state index in [2.05, 4.69) is 30.4 Å². The third-order valence-corrected chi connectivity index (χ3v) is 2.90. The van der Waals surface area contributed by atoms with Gasteiger partial charge in [-0.15, -0.1) is 0 Å². The summed E-state index contributed by atoms with van der Waals surface area (Å²) in [5.74, 6) is 0. The Labute approximate surface area is 90.3 Å². The summed E-state index contributed by atoms with van der Waals surface area (Å²) >= 11 is 0. The first-order chi connectivity index (χ1) is 7.33. The van der Waals surface area contributed by atoms with E-state index in [-0.39, 0.29) is 0 Å². The molecule has 15 heavy (non-hydrogen) atoms. The second-order valence-electron chi connectivity index (χ2n) is 3.89. The van der Waals surface area contributed by atoms with Crippen LogP contribution in [0.3, 0.4) is 0 Å². The van der Waals surface area contributed by atoms with E-state index in [9.17, 15) is 0 Å². The predicted octanol–water partition coefficient (Wildman–Crippen LogP) is 2.97. The Morgan fingerprint density at radius 3 is 2.93 bits per heavy atom. The van der Waals surface area contributed by atoms with Gasteiger partial charge >= 0.3 is 0 Å². The van der Waals surface area contributed by atoms with Crippen LogP contribution in [0.5, 0.6) is 0 Å². The molecule has 0 aliphatic carbocycles. The highest BCUT2D eigenvalue weighted by atomic mass is 16.3. The molecule has 0 spiro atoms. The number of furan rings is 1. The van der Waals surface area contributed by atoms with Crippen molar-refractivity contribution in [1.82, 2.24) is 5.32 Å². The summed E-state index contributed by atoms with van der Waals surface area (Å²) in [6.07, 6.45) is 3.94. The zero-order valence-electron chi connectivity index (χ0n) is 9.29. The summed E-state index contributed by atoms with van der Waals surface area (Å²) in [5, 5.41) is 4.49. The lowest BCUT2D eigenvalue weighted by molar-refractivity contribution is 0.542. The summed E-state index contributed by atoms with van der Waals surface area (Å²) in [5.41, 5.74) is 2.32. The van der Waals surface area contributed by atoms with E-state index in [0.717, 1.165) is 18.4 Å². The van der Waals surface area contributed by atoms with Crippen LogP contribution >= 0.6 is 0 Å². The third kappa shape index (κ3) is 2.21. The van der Waals surface area contributed by atoms with Crippen LogP contribution in [-0.4, -0.2) is 13.1 Å². The fraction of sp³-hybridized carbons (Fsp3) is 0.385. The molecule has 0 bridgehead atoms. The fourth-order valence-electron chi connectivity index (χ4n) is 1.86. The fourth-order valence-corrected chi connectivity index (χ4v) is 1.86. The number of hydrogen-bond acceptors (Lipinski definition) is 2. The van der Waals surface area contributed by atoms with Gasteiger partial charge in [-0.05, 0) is 37.6 Å². The Kier molecular flexibility index (Phi) is 3.07. The Morgan fingerprint density at radius 1 is 1.33 bits per heavy atom. The highest BCUT2D eigenvalue weighted by molar-refractivity contribution is 5.77. The molecule has 80 valence electrons. The molecule has 0 amide bonds. The molecule has 0 unspecified atom stereocenters. The van der Waals surface area contributed by atoms with Gasteiger partial charge in [-0.3, -0.25) is 0 Å². The molecule has 1 N–H and O–H groups in total. The van der Waals surface area contributed by atoms with Crippen LogP contribution in [0.2, 0.25) is 0 Å². The Balaban J connectivity index is 2.20.